The molecule has 1 spiro atoms. The van der Waals surface area contributed by atoms with E-state index in [0.29, 0.717) is 25.3 Å². The second-order valence-corrected chi connectivity index (χ2v) is 7.06. The third-order valence-electron chi connectivity index (χ3n) is 5.43. The fourth-order valence-corrected chi connectivity index (χ4v) is 3.97. The minimum atomic E-state index is -0.686. The van der Waals surface area contributed by atoms with Gasteiger partial charge in [-0.15, -0.1) is 0 Å². The highest BCUT2D eigenvalue weighted by atomic mass is 16.3. The summed E-state index contributed by atoms with van der Waals surface area (Å²) in [6.07, 6.45) is 4.28. The van der Waals surface area contributed by atoms with Crippen molar-refractivity contribution in [2.24, 2.45) is 5.92 Å². The van der Waals surface area contributed by atoms with Gasteiger partial charge >= 0.3 is 6.03 Å². The van der Waals surface area contributed by atoms with Gasteiger partial charge in [0.1, 0.15) is 5.54 Å². The molecule has 3 heterocycles. The normalized spacial score (nSPS) is 28.4. The van der Waals surface area contributed by atoms with Gasteiger partial charge < -0.3 is 20.6 Å². The lowest BCUT2D eigenvalue weighted by Crippen LogP contribution is -2.55. The Hall–Kier alpha value is -1.18. The summed E-state index contributed by atoms with van der Waals surface area (Å²) in [5, 5.41) is 15.2. The number of hydrogen-bond acceptors (Lipinski definition) is 5. The van der Waals surface area contributed by atoms with Crippen LogP contribution in [0.4, 0.5) is 4.79 Å². The molecule has 0 aromatic carbocycles. The number of urea groups is 1. The van der Waals surface area contributed by atoms with Crippen LogP contribution in [0.15, 0.2) is 0 Å². The van der Waals surface area contributed by atoms with Gasteiger partial charge in [0.25, 0.3) is 5.91 Å². The topological polar surface area (TPSA) is 84.9 Å². The molecule has 1 unspecified atom stereocenters. The van der Waals surface area contributed by atoms with Crippen molar-refractivity contribution in [1.82, 2.24) is 20.4 Å². The van der Waals surface area contributed by atoms with E-state index in [1.807, 2.05) is 0 Å². The predicted molar refractivity (Wildman–Crippen MR) is 85.9 cm³/mol. The Labute approximate surface area is 137 Å². The van der Waals surface area contributed by atoms with Crippen LogP contribution < -0.4 is 10.6 Å². The number of hydrogen-bond donors (Lipinski definition) is 3. The maximum absolute atomic E-state index is 12.9. The van der Waals surface area contributed by atoms with Crippen molar-refractivity contribution in [1.29, 1.82) is 0 Å². The van der Waals surface area contributed by atoms with E-state index in [9.17, 15) is 9.59 Å². The first-order valence-corrected chi connectivity index (χ1v) is 8.83. The molecule has 0 radical (unpaired) electrons. The van der Waals surface area contributed by atoms with Gasteiger partial charge in [0.15, 0.2) is 0 Å². The molecule has 3 rings (SSSR count). The van der Waals surface area contributed by atoms with Crippen molar-refractivity contribution in [2.45, 2.75) is 37.6 Å². The number of likely N-dealkylation sites (tertiary alicyclic amines) is 1. The first-order chi connectivity index (χ1) is 11.1. The van der Waals surface area contributed by atoms with Gasteiger partial charge in [0, 0.05) is 32.8 Å². The number of imide groups is 1. The molecule has 0 bridgehead atoms. The van der Waals surface area contributed by atoms with E-state index in [0.717, 1.165) is 52.0 Å². The maximum Gasteiger partial charge on any atom is 0.325 e. The summed E-state index contributed by atoms with van der Waals surface area (Å²) in [6, 6.07) is -0.218. The number of rotatable bonds is 5. The fourth-order valence-electron chi connectivity index (χ4n) is 3.97. The molecular formula is C16H28N4O3. The molecule has 3 saturated heterocycles. The summed E-state index contributed by atoms with van der Waals surface area (Å²) in [5.74, 6) is 0.341. The van der Waals surface area contributed by atoms with Crippen LogP contribution in [0.3, 0.4) is 0 Å². The second-order valence-electron chi connectivity index (χ2n) is 7.06. The molecule has 23 heavy (non-hydrogen) atoms. The molecule has 3 fully saturated rings. The Bertz CT molecular complexity index is 443. The van der Waals surface area contributed by atoms with Gasteiger partial charge in [-0.2, -0.15) is 0 Å². The Morgan fingerprint density at radius 1 is 1.26 bits per heavy atom. The molecular weight excluding hydrogens is 296 g/mol. The van der Waals surface area contributed by atoms with E-state index in [2.05, 4.69) is 15.5 Å². The summed E-state index contributed by atoms with van der Waals surface area (Å²) >= 11 is 0. The molecule has 0 aromatic heterocycles. The lowest BCUT2D eigenvalue weighted by molar-refractivity contribution is -0.133. The van der Waals surface area contributed by atoms with Gasteiger partial charge in [-0.05, 0) is 51.1 Å². The zero-order chi connectivity index (χ0) is 16.3. The number of amides is 3. The van der Waals surface area contributed by atoms with Crippen LogP contribution in [-0.2, 0) is 4.79 Å². The fraction of sp³-hybridized carbons (Fsp3) is 0.875. The largest absolute Gasteiger partial charge is 0.396 e. The van der Waals surface area contributed by atoms with Crippen LogP contribution in [0.5, 0.6) is 0 Å². The Kier molecular flexibility index (Phi) is 5.18. The van der Waals surface area contributed by atoms with Gasteiger partial charge in [0.05, 0.1) is 0 Å². The van der Waals surface area contributed by atoms with Crippen LogP contribution in [0.1, 0.15) is 32.1 Å². The zero-order valence-electron chi connectivity index (χ0n) is 13.7. The number of nitrogens with zero attached hydrogens (tertiary/aromatic N) is 2. The molecule has 1 atom stereocenters. The summed E-state index contributed by atoms with van der Waals surface area (Å²) < 4.78 is 0. The van der Waals surface area contributed by atoms with Gasteiger partial charge in [-0.3, -0.25) is 9.69 Å². The van der Waals surface area contributed by atoms with Crippen molar-refractivity contribution < 1.29 is 14.7 Å². The predicted octanol–water partition coefficient (Wildman–Crippen LogP) is -0.245. The first-order valence-electron chi connectivity index (χ1n) is 8.83. The van der Waals surface area contributed by atoms with E-state index >= 15 is 0 Å². The number of carbonyl (C=O) groups is 2. The highest BCUT2D eigenvalue weighted by Gasteiger charge is 2.52. The van der Waals surface area contributed by atoms with Crippen LogP contribution >= 0.6 is 0 Å². The lowest BCUT2D eigenvalue weighted by atomic mass is 9.87. The van der Waals surface area contributed by atoms with Gasteiger partial charge in [0.2, 0.25) is 0 Å². The van der Waals surface area contributed by atoms with E-state index < -0.39 is 5.54 Å². The quantitative estimate of drug-likeness (QED) is 0.608. The number of aliphatic hydroxyl groups excluding tert-OH is 1. The molecule has 3 aliphatic heterocycles. The van der Waals surface area contributed by atoms with Crippen molar-refractivity contribution in [2.75, 3.05) is 45.9 Å². The van der Waals surface area contributed by atoms with E-state index in [4.69, 9.17) is 5.11 Å². The SMILES string of the molecule is O=C1NC2(CCN(CCCO)CC2)C(=O)N1CC1CCCNC1. The minimum Gasteiger partial charge on any atom is -0.396 e. The first kappa shape index (κ1) is 16.7. The average molecular weight is 324 g/mol. The summed E-state index contributed by atoms with van der Waals surface area (Å²) in [7, 11) is 0. The third-order valence-corrected chi connectivity index (χ3v) is 5.43. The summed E-state index contributed by atoms with van der Waals surface area (Å²) in [5.41, 5.74) is -0.686. The van der Waals surface area contributed by atoms with Crippen molar-refractivity contribution in [3.05, 3.63) is 0 Å². The van der Waals surface area contributed by atoms with Crippen LogP contribution in [-0.4, -0.2) is 78.3 Å². The number of piperidine rings is 2. The van der Waals surface area contributed by atoms with E-state index in [1.54, 1.807) is 0 Å². The Morgan fingerprint density at radius 3 is 2.70 bits per heavy atom. The molecule has 3 amide bonds. The standard InChI is InChI=1S/C16H28N4O3/c21-10-2-7-19-8-4-16(5-9-19)14(22)20(15(23)18-16)12-13-3-1-6-17-11-13/h13,17,21H,1-12H2,(H,18,23). The Balaban J connectivity index is 1.57. The van der Waals surface area contributed by atoms with Crippen molar-refractivity contribution in [3.8, 4) is 0 Å². The average Bonchev–Trinajstić information content (AvgIpc) is 2.80. The number of aliphatic hydroxyl groups is 1. The zero-order valence-corrected chi connectivity index (χ0v) is 13.7. The van der Waals surface area contributed by atoms with Crippen LogP contribution in [0.2, 0.25) is 0 Å². The molecule has 7 nitrogen and oxygen atoms in total. The number of nitrogens with one attached hydrogen (secondary N) is 2. The minimum absolute atomic E-state index is 0.0325. The molecule has 0 aliphatic carbocycles. The molecule has 3 N–H and O–H groups in total. The highest BCUT2D eigenvalue weighted by molar-refractivity contribution is 6.07. The van der Waals surface area contributed by atoms with E-state index in [1.165, 1.54) is 4.90 Å². The highest BCUT2D eigenvalue weighted by Crippen LogP contribution is 2.30. The second kappa shape index (κ2) is 7.15. The smallest absolute Gasteiger partial charge is 0.325 e. The molecule has 0 saturated carbocycles. The monoisotopic (exact) mass is 324 g/mol. The summed E-state index contributed by atoms with van der Waals surface area (Å²) in [4.78, 5) is 28.9. The lowest BCUT2D eigenvalue weighted by Gasteiger charge is -2.37. The Morgan fingerprint density at radius 2 is 2.04 bits per heavy atom. The van der Waals surface area contributed by atoms with Gasteiger partial charge in [-0.1, -0.05) is 0 Å². The van der Waals surface area contributed by atoms with E-state index in [-0.39, 0.29) is 18.5 Å². The number of carbonyl (C=O) groups excluding carboxylic acids is 2. The van der Waals surface area contributed by atoms with Crippen LogP contribution in [0.25, 0.3) is 0 Å². The summed E-state index contributed by atoms with van der Waals surface area (Å²) in [6.45, 7) is 5.10. The molecule has 0 aromatic rings. The van der Waals surface area contributed by atoms with Crippen molar-refractivity contribution in [3.63, 3.8) is 0 Å². The third kappa shape index (κ3) is 3.51. The molecule has 3 aliphatic rings. The van der Waals surface area contributed by atoms with Gasteiger partial charge in [-0.25, -0.2) is 4.79 Å². The molecule has 130 valence electrons. The van der Waals surface area contributed by atoms with Crippen molar-refractivity contribution >= 4 is 11.9 Å². The molecule has 7 heteroatoms. The van der Waals surface area contributed by atoms with Crippen LogP contribution in [0, 0.1) is 5.92 Å². The maximum atomic E-state index is 12.9.